The molecular weight excluding hydrogens is 1100 g/mol. The van der Waals surface area contributed by atoms with Gasteiger partial charge < -0.3 is 0 Å². The van der Waals surface area contributed by atoms with E-state index in [2.05, 4.69) is 156 Å². The summed E-state index contributed by atoms with van der Waals surface area (Å²) >= 11 is 2.22. The third-order valence-electron chi connectivity index (χ3n) is 16.7. The number of nitrogens with zero attached hydrogens (tertiary/aromatic N) is 4. The first-order valence-electron chi connectivity index (χ1n) is 30.7. The van der Waals surface area contributed by atoms with E-state index in [-0.39, 0.29) is 49.6 Å². The van der Waals surface area contributed by atoms with Crippen molar-refractivity contribution in [1.82, 2.24) is 18.7 Å². The van der Waals surface area contributed by atoms with Crippen LogP contribution in [0.2, 0.25) is 0 Å². The Morgan fingerprint density at radius 3 is 1.71 bits per heavy atom. The van der Waals surface area contributed by atoms with Crippen LogP contribution in [0.3, 0.4) is 0 Å². The Bertz CT molecular complexity index is 4430. The molecule has 0 fully saturated rings. The second-order valence-electron chi connectivity index (χ2n) is 24.9. The van der Waals surface area contributed by atoms with Crippen LogP contribution in [0, 0.1) is 21.4 Å². The maximum atomic E-state index is 9.43. The summed E-state index contributed by atoms with van der Waals surface area (Å²) in [6.07, 6.45) is 1.90. The molecule has 0 saturated carbocycles. The van der Waals surface area contributed by atoms with Crippen molar-refractivity contribution in [3.63, 3.8) is 0 Å². The van der Waals surface area contributed by atoms with Crippen molar-refractivity contribution in [2.75, 3.05) is 0 Å². The number of ether oxygens (including phenoxy) is 1. The van der Waals surface area contributed by atoms with E-state index >= 15 is 0 Å². The van der Waals surface area contributed by atoms with E-state index in [1.807, 2.05) is 72.5 Å². The van der Waals surface area contributed by atoms with Gasteiger partial charge in [-0.3, -0.25) is 0 Å². The Balaban J connectivity index is 1.19. The average molecular weight is 1180 g/mol. The molecule has 0 saturated heterocycles. The van der Waals surface area contributed by atoms with Crippen LogP contribution in [-0.4, -0.2) is 18.7 Å². The Labute approximate surface area is 469 Å². The Kier molecular flexibility index (Phi) is 9.29. The van der Waals surface area contributed by atoms with E-state index in [4.69, 9.17) is 17.9 Å². The summed E-state index contributed by atoms with van der Waals surface area (Å²) in [5.41, 5.74) is 7.85. The van der Waals surface area contributed by atoms with Crippen LogP contribution in [0.15, 0.2) is 152 Å². The summed E-state index contributed by atoms with van der Waals surface area (Å²) in [7, 11) is 0. The number of hydrogen-bond donors (Lipinski definition) is 0. The predicted molar refractivity (Wildman–Crippen MR) is 309 cm³/mol. The third-order valence-corrected chi connectivity index (χ3v) is 17.7. The molecule has 75 heavy (non-hydrogen) atoms. The number of imidazole rings is 1. The first-order chi connectivity index (χ1) is 39.4. The Morgan fingerprint density at radius 1 is 0.560 bits per heavy atom. The van der Waals surface area contributed by atoms with Gasteiger partial charge in [0.2, 0.25) is 0 Å². The maximum absolute atomic E-state index is 9.43. The Hall–Kier alpha value is -6.55. The van der Waals surface area contributed by atoms with E-state index in [9.17, 15) is 5.48 Å². The Morgan fingerprint density at radius 2 is 1.12 bits per heavy atom. The fourth-order valence-corrected chi connectivity index (χ4v) is 12.2. The molecule has 7 aromatic carbocycles. The third kappa shape index (κ3) is 8.14. The number of fused-ring (bicyclic) bond motifs is 6. The fourth-order valence-electron chi connectivity index (χ4n) is 11.2. The number of benzene rings is 7. The van der Waals surface area contributed by atoms with Crippen molar-refractivity contribution >= 4 is 32.8 Å². The van der Waals surface area contributed by atoms with E-state index in [1.54, 1.807) is 12.1 Å². The first kappa shape index (κ1) is 39.8. The SMILES string of the molecule is [2H]c1c([2H])c([2H])c(-c2cc(C(C)(C)C)cc(-c3c([2H])c([2H])c([2H])c([2H])c3[2H])c2-n2[c](=[Pt])n(-c3[c-]c(Oc4[c-]c5c(cc4)c4ccc6c(c4n5-c4cc(C(C)(C)C)ccn4)C(C)(C)C(C)(C)C6(C)C)cc(C(C)(C)C)c3)c3ccccc32)c([2H])c1[2H]. The molecule has 0 atom stereocenters. The van der Waals surface area contributed by atoms with Crippen molar-refractivity contribution in [3.05, 3.63) is 195 Å². The molecule has 5 nitrogen and oxygen atoms in total. The molecule has 0 amide bonds. The summed E-state index contributed by atoms with van der Waals surface area (Å²) in [5.74, 6) is 1.66. The molecular formula is C69H70N4OPt-2. The molecule has 6 heteroatoms. The van der Waals surface area contributed by atoms with Gasteiger partial charge in [0.25, 0.3) is 0 Å². The molecule has 0 radical (unpaired) electrons. The second-order valence-corrected chi connectivity index (χ2v) is 25.9. The number of rotatable bonds is 7. The van der Waals surface area contributed by atoms with Gasteiger partial charge in [-0.15, -0.1) is 0 Å². The monoisotopic (exact) mass is 1180 g/mol. The molecule has 3 heterocycles. The molecule has 3 aromatic heterocycles. The van der Waals surface area contributed by atoms with Crippen LogP contribution in [-0.2, 0) is 46.4 Å². The number of aromatic nitrogens is 4. The molecule has 0 bridgehead atoms. The van der Waals surface area contributed by atoms with Crippen molar-refractivity contribution < 1.29 is 37.8 Å². The quantitative estimate of drug-likeness (QED) is 0.149. The van der Waals surface area contributed by atoms with Crippen LogP contribution in [0.25, 0.3) is 72.3 Å². The summed E-state index contributed by atoms with van der Waals surface area (Å²) < 4.78 is 104. The van der Waals surface area contributed by atoms with Gasteiger partial charge in [0, 0.05) is 6.20 Å². The van der Waals surface area contributed by atoms with E-state index in [0.717, 1.165) is 38.8 Å². The van der Waals surface area contributed by atoms with Gasteiger partial charge in [0.05, 0.1) is 0 Å². The van der Waals surface area contributed by atoms with Crippen molar-refractivity contribution in [2.24, 2.45) is 5.41 Å². The summed E-state index contributed by atoms with van der Waals surface area (Å²) in [6.45, 7) is 33.1. The molecule has 0 aliphatic heterocycles. The van der Waals surface area contributed by atoms with E-state index in [0.29, 0.717) is 37.6 Å². The average Bonchev–Trinajstić information content (AvgIpc) is 1.56. The number of pyridine rings is 1. The zero-order valence-corrected chi connectivity index (χ0v) is 47.9. The zero-order chi connectivity index (χ0) is 62.1. The number of hydrogen-bond acceptors (Lipinski definition) is 2. The van der Waals surface area contributed by atoms with Gasteiger partial charge in [0.1, 0.15) is 0 Å². The van der Waals surface area contributed by atoms with Crippen molar-refractivity contribution in [3.8, 4) is 50.9 Å². The van der Waals surface area contributed by atoms with Gasteiger partial charge in [-0.2, -0.15) is 0 Å². The zero-order valence-electron chi connectivity index (χ0n) is 55.7. The van der Waals surface area contributed by atoms with Gasteiger partial charge in [-0.1, -0.05) is 68.4 Å². The molecule has 0 N–H and O–H groups in total. The van der Waals surface area contributed by atoms with Gasteiger partial charge in [-0.25, -0.2) is 0 Å². The molecule has 0 unspecified atom stereocenters. The predicted octanol–water partition coefficient (Wildman–Crippen LogP) is 18.2. The molecule has 1 aliphatic rings. The molecule has 11 rings (SSSR count). The van der Waals surface area contributed by atoms with Crippen LogP contribution < -0.4 is 4.74 Å². The normalized spacial score (nSPS) is 17.1. The van der Waals surface area contributed by atoms with Crippen LogP contribution >= 0.6 is 0 Å². The molecule has 384 valence electrons. The first-order valence-corrected chi connectivity index (χ1v) is 26.9. The van der Waals surface area contributed by atoms with E-state index in [1.165, 1.54) is 11.1 Å². The minimum absolute atomic E-state index is 0.108. The topological polar surface area (TPSA) is 36.9 Å². The van der Waals surface area contributed by atoms with Crippen LogP contribution in [0.5, 0.6) is 11.5 Å². The summed E-state index contributed by atoms with van der Waals surface area (Å²) in [6, 6.07) is 30.5. The minimum atomic E-state index is -0.647. The van der Waals surface area contributed by atoms with Crippen molar-refractivity contribution in [2.45, 2.75) is 131 Å². The molecule has 0 spiro atoms. The van der Waals surface area contributed by atoms with Gasteiger partial charge in [0.15, 0.2) is 0 Å². The van der Waals surface area contributed by atoms with Crippen LogP contribution in [0.4, 0.5) is 0 Å². The van der Waals surface area contributed by atoms with Gasteiger partial charge >= 0.3 is 358 Å². The summed E-state index contributed by atoms with van der Waals surface area (Å²) in [5, 5.41) is 2.11. The van der Waals surface area contributed by atoms with Gasteiger partial charge in [-0.05, 0) is 38.9 Å². The molecule has 1 aliphatic carbocycles. The van der Waals surface area contributed by atoms with Crippen LogP contribution in [0.1, 0.15) is 145 Å². The summed E-state index contributed by atoms with van der Waals surface area (Å²) in [4.78, 5) is 5.10. The second kappa shape index (κ2) is 17.5. The standard InChI is InChI=1S/C69H70N4O.Pt/c1-64(2,3)46-34-35-70-60(40-46)73-59-42-50(30-31-52(59)53-32-33-56-61(63(53)73)68(12,13)69(14,15)67(56,10)11)74-51-37-47(65(4,5)6)36-49(41-51)71-43-72(58-29-23-22-28-57(58)71)62-54(44-24-18-16-19-25-44)38-48(66(7,8)9)39-55(62)45-26-20-17-21-27-45;/h16-40H,1-15H3;/q-2;/i16D,17D,18D,19D,20D,21D,24D,25D,26D,27D;. The van der Waals surface area contributed by atoms with Crippen molar-refractivity contribution in [1.29, 1.82) is 0 Å². The molecule has 10 aromatic rings. The number of para-hydroxylation sites is 2. The van der Waals surface area contributed by atoms with E-state index < -0.39 is 71.3 Å². The fraction of sp³-hybridized carbons (Fsp3) is 0.304.